The molecule has 5 heteroatoms. The molecular weight excluding hydrogens is 274 g/mol. The summed E-state index contributed by atoms with van der Waals surface area (Å²) in [7, 11) is 1.75. The number of nitrogens with one attached hydrogen (secondary N) is 1. The molecule has 0 bridgehead atoms. The van der Waals surface area contributed by atoms with Gasteiger partial charge in [-0.2, -0.15) is 0 Å². The van der Waals surface area contributed by atoms with E-state index in [1.165, 1.54) is 25.7 Å². The van der Waals surface area contributed by atoms with E-state index in [0.29, 0.717) is 17.2 Å². The molecule has 1 heterocycles. The van der Waals surface area contributed by atoms with E-state index in [1.807, 2.05) is 6.07 Å². The molecule has 2 rings (SSSR count). The van der Waals surface area contributed by atoms with E-state index in [2.05, 4.69) is 22.2 Å². The molecule has 1 atom stereocenters. The number of methoxy groups -OCH3 is 1. The number of aromatic nitrogens is 2. The summed E-state index contributed by atoms with van der Waals surface area (Å²) in [4.78, 5) is 8.23. The quantitative estimate of drug-likeness (QED) is 0.820. The van der Waals surface area contributed by atoms with Gasteiger partial charge in [0.15, 0.2) is 0 Å². The van der Waals surface area contributed by atoms with Crippen molar-refractivity contribution in [2.24, 2.45) is 5.92 Å². The second-order valence-corrected chi connectivity index (χ2v) is 6.16. The molecule has 0 saturated heterocycles. The average Bonchev–Trinajstić information content (AvgIpc) is 2.41. The largest absolute Gasteiger partial charge is 0.383 e. The highest BCUT2D eigenvalue weighted by molar-refractivity contribution is 6.29. The molecule has 0 aliphatic heterocycles. The molecule has 0 radical (unpaired) electrons. The van der Waals surface area contributed by atoms with Gasteiger partial charge in [0.2, 0.25) is 0 Å². The van der Waals surface area contributed by atoms with Crippen LogP contribution in [0, 0.1) is 5.92 Å². The Bertz CT molecular complexity index is 408. The molecule has 1 aliphatic carbocycles. The Morgan fingerprint density at radius 2 is 2.10 bits per heavy atom. The van der Waals surface area contributed by atoms with Crippen LogP contribution in [0.4, 0.5) is 0 Å². The Morgan fingerprint density at radius 3 is 2.75 bits per heavy atom. The summed E-state index contributed by atoms with van der Waals surface area (Å²) in [6.45, 7) is 2.96. The second-order valence-electron chi connectivity index (χ2n) is 5.78. The van der Waals surface area contributed by atoms with Crippen molar-refractivity contribution in [3.8, 4) is 0 Å². The molecule has 1 fully saturated rings. The van der Waals surface area contributed by atoms with Gasteiger partial charge in [0.1, 0.15) is 11.5 Å². The fourth-order valence-corrected chi connectivity index (χ4v) is 3.18. The number of nitrogens with zero attached hydrogens (tertiary/aromatic N) is 2. The van der Waals surface area contributed by atoms with E-state index < -0.39 is 0 Å². The van der Waals surface area contributed by atoms with E-state index in [-0.39, 0.29) is 0 Å². The molecule has 1 aromatic rings. The van der Waals surface area contributed by atoms with Crippen molar-refractivity contribution in [1.82, 2.24) is 15.3 Å². The first-order valence-corrected chi connectivity index (χ1v) is 7.76. The Morgan fingerprint density at radius 1 is 1.35 bits per heavy atom. The molecule has 1 aliphatic rings. The van der Waals surface area contributed by atoms with Gasteiger partial charge in [-0.3, -0.25) is 0 Å². The van der Waals surface area contributed by atoms with Crippen molar-refractivity contribution in [1.29, 1.82) is 0 Å². The minimum Gasteiger partial charge on any atom is -0.383 e. The lowest BCUT2D eigenvalue weighted by atomic mass is 9.83. The van der Waals surface area contributed by atoms with Crippen molar-refractivity contribution in [2.75, 3.05) is 13.7 Å². The van der Waals surface area contributed by atoms with Crippen LogP contribution in [-0.4, -0.2) is 35.8 Å². The zero-order valence-corrected chi connectivity index (χ0v) is 13.1. The third-order valence-electron chi connectivity index (χ3n) is 3.97. The summed E-state index contributed by atoms with van der Waals surface area (Å²) in [5, 5.41) is 4.18. The molecule has 0 unspecified atom stereocenters. The molecule has 0 spiro atoms. The standard InChI is InChI=1S/C15H24ClN3O/c1-11(9-20-2)19-13-5-3-12(4-6-13)7-14-8-15(16)18-10-17-14/h8,10-13,19H,3-7,9H2,1-2H3/t11-,12?,13?/m1/s1. The van der Waals surface area contributed by atoms with Crippen LogP contribution in [0.25, 0.3) is 0 Å². The maximum atomic E-state index is 5.90. The summed E-state index contributed by atoms with van der Waals surface area (Å²) in [6.07, 6.45) is 7.53. The summed E-state index contributed by atoms with van der Waals surface area (Å²) in [5.41, 5.74) is 1.06. The van der Waals surface area contributed by atoms with Crippen LogP contribution in [0.3, 0.4) is 0 Å². The molecule has 112 valence electrons. The first-order valence-electron chi connectivity index (χ1n) is 7.38. The Balaban J connectivity index is 1.74. The van der Waals surface area contributed by atoms with Gasteiger partial charge >= 0.3 is 0 Å². The second kappa shape index (κ2) is 7.91. The van der Waals surface area contributed by atoms with Gasteiger partial charge in [0.25, 0.3) is 0 Å². The van der Waals surface area contributed by atoms with Crippen molar-refractivity contribution in [3.63, 3.8) is 0 Å². The van der Waals surface area contributed by atoms with Crippen LogP contribution in [0.15, 0.2) is 12.4 Å². The predicted octanol–water partition coefficient (Wildman–Crippen LogP) is 2.86. The van der Waals surface area contributed by atoms with Crippen LogP contribution in [0.2, 0.25) is 5.15 Å². The SMILES string of the molecule is COC[C@@H](C)NC1CCC(Cc2cc(Cl)ncn2)CC1. The summed E-state index contributed by atoms with van der Waals surface area (Å²) >= 11 is 5.90. The van der Waals surface area contributed by atoms with Gasteiger partial charge in [-0.15, -0.1) is 0 Å². The molecule has 20 heavy (non-hydrogen) atoms. The van der Waals surface area contributed by atoms with Gasteiger partial charge in [0, 0.05) is 24.9 Å². The van der Waals surface area contributed by atoms with Crippen LogP contribution in [0.1, 0.15) is 38.3 Å². The van der Waals surface area contributed by atoms with Crippen LogP contribution >= 0.6 is 11.6 Å². The maximum absolute atomic E-state index is 5.90. The van der Waals surface area contributed by atoms with Crippen LogP contribution in [0.5, 0.6) is 0 Å². The summed E-state index contributed by atoms with van der Waals surface area (Å²) in [6, 6.07) is 2.94. The Kier molecular flexibility index (Phi) is 6.20. The molecule has 0 aromatic carbocycles. The molecule has 1 saturated carbocycles. The van der Waals surface area contributed by atoms with Crippen molar-refractivity contribution < 1.29 is 4.74 Å². The zero-order chi connectivity index (χ0) is 14.4. The minimum absolute atomic E-state index is 0.433. The lowest BCUT2D eigenvalue weighted by molar-refractivity contribution is 0.158. The lowest BCUT2D eigenvalue weighted by Crippen LogP contribution is -2.41. The third-order valence-corrected chi connectivity index (χ3v) is 4.18. The van der Waals surface area contributed by atoms with Crippen LogP contribution in [-0.2, 0) is 11.2 Å². The van der Waals surface area contributed by atoms with Crippen molar-refractivity contribution in [3.05, 3.63) is 23.2 Å². The first-order chi connectivity index (χ1) is 9.67. The van der Waals surface area contributed by atoms with Crippen LogP contribution < -0.4 is 5.32 Å². The van der Waals surface area contributed by atoms with E-state index in [0.717, 1.165) is 24.6 Å². The highest BCUT2D eigenvalue weighted by Crippen LogP contribution is 2.27. The highest BCUT2D eigenvalue weighted by atomic mass is 35.5. The molecule has 1 aromatic heterocycles. The lowest BCUT2D eigenvalue weighted by Gasteiger charge is -2.31. The Hall–Kier alpha value is -0.710. The zero-order valence-electron chi connectivity index (χ0n) is 12.3. The number of ether oxygens (including phenoxy) is 1. The minimum atomic E-state index is 0.433. The molecular formula is C15H24ClN3O. The van der Waals surface area contributed by atoms with Gasteiger partial charge in [-0.25, -0.2) is 9.97 Å². The average molecular weight is 298 g/mol. The highest BCUT2D eigenvalue weighted by Gasteiger charge is 2.22. The van der Waals surface area contributed by atoms with Crippen molar-refractivity contribution in [2.45, 2.75) is 51.1 Å². The first kappa shape index (κ1) is 15.7. The topological polar surface area (TPSA) is 47.0 Å². The van der Waals surface area contributed by atoms with Gasteiger partial charge in [-0.1, -0.05) is 11.6 Å². The number of rotatable bonds is 6. The van der Waals surface area contributed by atoms with E-state index >= 15 is 0 Å². The number of halogens is 1. The summed E-state index contributed by atoms with van der Waals surface area (Å²) in [5.74, 6) is 0.719. The van der Waals surface area contributed by atoms with Gasteiger partial charge < -0.3 is 10.1 Å². The summed E-state index contributed by atoms with van der Waals surface area (Å²) < 4.78 is 5.17. The molecule has 1 N–H and O–H groups in total. The normalized spacial score (nSPS) is 24.6. The Labute approximate surface area is 126 Å². The third kappa shape index (κ3) is 5.00. The van der Waals surface area contributed by atoms with E-state index in [4.69, 9.17) is 16.3 Å². The fourth-order valence-electron chi connectivity index (χ4n) is 3.01. The fraction of sp³-hybridized carbons (Fsp3) is 0.733. The smallest absolute Gasteiger partial charge is 0.132 e. The predicted molar refractivity (Wildman–Crippen MR) is 81.0 cm³/mol. The van der Waals surface area contributed by atoms with Gasteiger partial charge in [0.05, 0.1) is 6.61 Å². The molecule has 4 nitrogen and oxygen atoms in total. The number of hydrogen-bond acceptors (Lipinski definition) is 4. The monoisotopic (exact) mass is 297 g/mol. The maximum Gasteiger partial charge on any atom is 0.132 e. The van der Waals surface area contributed by atoms with E-state index in [9.17, 15) is 0 Å². The molecule has 0 amide bonds. The van der Waals surface area contributed by atoms with Gasteiger partial charge in [-0.05, 0) is 51.0 Å². The number of hydrogen-bond donors (Lipinski definition) is 1. The van der Waals surface area contributed by atoms with E-state index in [1.54, 1.807) is 13.4 Å². The van der Waals surface area contributed by atoms with Crippen molar-refractivity contribution >= 4 is 11.6 Å².